The molecular weight excluding hydrogens is 300 g/mol. The van der Waals surface area contributed by atoms with Crippen LogP contribution in [-0.4, -0.2) is 96.5 Å². The Labute approximate surface area is 146 Å². The van der Waals surface area contributed by atoms with Gasteiger partial charge < -0.3 is 9.80 Å². The molecule has 5 nitrogen and oxygen atoms in total. The number of hydrogen-bond donors (Lipinski definition) is 0. The van der Waals surface area contributed by atoms with Crippen LogP contribution >= 0.6 is 0 Å². The molecule has 3 aliphatic heterocycles. The summed E-state index contributed by atoms with van der Waals surface area (Å²) >= 11 is 0. The monoisotopic (exact) mass is 334 g/mol. The van der Waals surface area contributed by atoms with Crippen molar-refractivity contribution in [3.63, 3.8) is 0 Å². The molecule has 0 bridgehead atoms. The summed E-state index contributed by atoms with van der Waals surface area (Å²) in [5.41, 5.74) is 0. The highest BCUT2D eigenvalue weighted by atomic mass is 16.2. The van der Waals surface area contributed by atoms with Gasteiger partial charge >= 0.3 is 0 Å². The molecular formula is C19H34N4O. The number of piperazine rings is 1. The van der Waals surface area contributed by atoms with Crippen molar-refractivity contribution in [1.82, 2.24) is 19.6 Å². The average molecular weight is 335 g/mol. The Balaban J connectivity index is 1.17. The Kier molecular flexibility index (Phi) is 5.40. The van der Waals surface area contributed by atoms with E-state index in [1.165, 1.54) is 58.0 Å². The zero-order chi connectivity index (χ0) is 16.4. The molecule has 0 aromatic heterocycles. The fourth-order valence-electron chi connectivity index (χ4n) is 4.93. The van der Waals surface area contributed by atoms with Crippen molar-refractivity contribution in [2.45, 2.75) is 57.0 Å². The molecule has 0 N–H and O–H groups in total. The van der Waals surface area contributed by atoms with Crippen LogP contribution in [0.5, 0.6) is 0 Å². The Bertz CT molecular complexity index is 417. The molecule has 0 aromatic rings. The van der Waals surface area contributed by atoms with Crippen LogP contribution in [0.2, 0.25) is 0 Å². The highest BCUT2D eigenvalue weighted by Gasteiger charge is 2.31. The lowest BCUT2D eigenvalue weighted by Gasteiger charge is -2.43. The fraction of sp³-hybridized carbons (Fsp3) is 0.947. The molecule has 4 fully saturated rings. The van der Waals surface area contributed by atoms with Crippen LogP contribution in [-0.2, 0) is 4.79 Å². The van der Waals surface area contributed by atoms with E-state index < -0.39 is 0 Å². The third-order valence-electron chi connectivity index (χ3n) is 6.83. The lowest BCUT2D eigenvalue weighted by Crippen LogP contribution is -2.55. The second-order valence-electron chi connectivity index (χ2n) is 8.25. The van der Waals surface area contributed by atoms with Gasteiger partial charge in [0.2, 0.25) is 5.91 Å². The zero-order valence-electron chi connectivity index (χ0n) is 15.2. The molecule has 3 heterocycles. The minimum absolute atomic E-state index is 0.364. The Morgan fingerprint density at radius 2 is 1.25 bits per heavy atom. The van der Waals surface area contributed by atoms with E-state index in [0.717, 1.165) is 51.4 Å². The molecule has 4 aliphatic rings. The van der Waals surface area contributed by atoms with Gasteiger partial charge in [-0.25, -0.2) is 0 Å². The van der Waals surface area contributed by atoms with Gasteiger partial charge in [-0.3, -0.25) is 14.6 Å². The summed E-state index contributed by atoms with van der Waals surface area (Å²) in [5.74, 6) is 0.364. The third-order valence-corrected chi connectivity index (χ3v) is 6.83. The van der Waals surface area contributed by atoms with Gasteiger partial charge in [-0.05, 0) is 51.6 Å². The molecule has 1 amide bonds. The molecule has 5 heteroatoms. The van der Waals surface area contributed by atoms with Crippen molar-refractivity contribution in [3.05, 3.63) is 0 Å². The lowest BCUT2D eigenvalue weighted by molar-refractivity contribution is -0.135. The zero-order valence-corrected chi connectivity index (χ0v) is 15.2. The smallest absolute Gasteiger partial charge is 0.236 e. The summed E-state index contributed by atoms with van der Waals surface area (Å²) in [5, 5.41) is 0. The summed E-state index contributed by atoms with van der Waals surface area (Å²) in [4.78, 5) is 22.4. The number of nitrogens with zero attached hydrogens (tertiary/aromatic N) is 4. The molecule has 0 unspecified atom stereocenters. The maximum atomic E-state index is 12.6. The summed E-state index contributed by atoms with van der Waals surface area (Å²) in [7, 11) is 0. The van der Waals surface area contributed by atoms with Gasteiger partial charge in [0.15, 0.2) is 0 Å². The molecule has 0 radical (unpaired) electrons. The van der Waals surface area contributed by atoms with Crippen LogP contribution in [0, 0.1) is 0 Å². The predicted octanol–water partition coefficient (Wildman–Crippen LogP) is 1.24. The minimum Gasteiger partial charge on any atom is -0.339 e. The average Bonchev–Trinajstić information content (AvgIpc) is 3.09. The minimum atomic E-state index is 0.364. The molecule has 0 atom stereocenters. The van der Waals surface area contributed by atoms with E-state index in [0.29, 0.717) is 12.5 Å². The van der Waals surface area contributed by atoms with Crippen molar-refractivity contribution < 1.29 is 4.79 Å². The number of carbonyl (C=O) groups is 1. The van der Waals surface area contributed by atoms with Gasteiger partial charge in [-0.1, -0.05) is 6.42 Å². The second kappa shape index (κ2) is 7.71. The SMILES string of the molecule is O=C(CN1CCC(N2CCCC2)CC1)N1CCN(C2CCC2)CC1. The van der Waals surface area contributed by atoms with E-state index in [-0.39, 0.29) is 0 Å². The normalized spacial score (nSPS) is 29.1. The van der Waals surface area contributed by atoms with Crippen molar-refractivity contribution >= 4 is 5.91 Å². The maximum absolute atomic E-state index is 12.6. The van der Waals surface area contributed by atoms with Crippen LogP contribution in [0.1, 0.15) is 44.9 Å². The van der Waals surface area contributed by atoms with Crippen molar-refractivity contribution in [3.8, 4) is 0 Å². The molecule has 136 valence electrons. The lowest BCUT2D eigenvalue weighted by atomic mass is 9.91. The largest absolute Gasteiger partial charge is 0.339 e. The first-order chi connectivity index (χ1) is 11.8. The number of piperidine rings is 1. The van der Waals surface area contributed by atoms with Crippen LogP contribution in [0.25, 0.3) is 0 Å². The molecule has 3 saturated heterocycles. The van der Waals surface area contributed by atoms with Gasteiger partial charge in [0.05, 0.1) is 6.54 Å². The molecule has 24 heavy (non-hydrogen) atoms. The van der Waals surface area contributed by atoms with E-state index in [9.17, 15) is 4.79 Å². The van der Waals surface area contributed by atoms with Gasteiger partial charge in [0.25, 0.3) is 0 Å². The highest BCUT2D eigenvalue weighted by Crippen LogP contribution is 2.25. The van der Waals surface area contributed by atoms with Gasteiger partial charge in [-0.2, -0.15) is 0 Å². The number of carbonyl (C=O) groups excluding carboxylic acids is 1. The first kappa shape index (κ1) is 16.8. The summed E-state index contributed by atoms with van der Waals surface area (Å²) in [6.07, 6.45) is 9.42. The molecule has 1 saturated carbocycles. The van der Waals surface area contributed by atoms with Crippen molar-refractivity contribution in [1.29, 1.82) is 0 Å². The second-order valence-corrected chi connectivity index (χ2v) is 8.25. The first-order valence-corrected chi connectivity index (χ1v) is 10.3. The fourth-order valence-corrected chi connectivity index (χ4v) is 4.93. The van der Waals surface area contributed by atoms with Gasteiger partial charge in [0.1, 0.15) is 0 Å². The number of hydrogen-bond acceptors (Lipinski definition) is 4. The number of rotatable bonds is 4. The van der Waals surface area contributed by atoms with Crippen LogP contribution in [0.3, 0.4) is 0 Å². The topological polar surface area (TPSA) is 30.0 Å². The van der Waals surface area contributed by atoms with E-state index in [1.807, 2.05) is 0 Å². The quantitative estimate of drug-likeness (QED) is 0.774. The van der Waals surface area contributed by atoms with Crippen LogP contribution in [0.15, 0.2) is 0 Å². The molecule has 0 spiro atoms. The summed E-state index contributed by atoms with van der Waals surface area (Å²) in [6.45, 7) is 9.53. The Morgan fingerprint density at radius 1 is 0.667 bits per heavy atom. The number of likely N-dealkylation sites (tertiary alicyclic amines) is 2. The standard InChI is InChI=1S/C19H34N4O/c24-19(23-14-12-22(13-15-23)17-4-3-5-17)16-20-10-6-18(7-11-20)21-8-1-2-9-21/h17-18H,1-16H2. The van der Waals surface area contributed by atoms with E-state index in [1.54, 1.807) is 0 Å². The predicted molar refractivity (Wildman–Crippen MR) is 96.1 cm³/mol. The van der Waals surface area contributed by atoms with E-state index in [2.05, 4.69) is 19.6 Å². The Morgan fingerprint density at radius 3 is 1.83 bits per heavy atom. The van der Waals surface area contributed by atoms with Crippen LogP contribution < -0.4 is 0 Å². The molecule has 4 rings (SSSR count). The number of amides is 1. The van der Waals surface area contributed by atoms with Crippen LogP contribution in [0.4, 0.5) is 0 Å². The molecule has 0 aromatic carbocycles. The first-order valence-electron chi connectivity index (χ1n) is 10.3. The van der Waals surface area contributed by atoms with E-state index >= 15 is 0 Å². The maximum Gasteiger partial charge on any atom is 0.236 e. The highest BCUT2D eigenvalue weighted by molar-refractivity contribution is 5.78. The van der Waals surface area contributed by atoms with Crippen molar-refractivity contribution in [2.75, 3.05) is 58.9 Å². The summed E-state index contributed by atoms with van der Waals surface area (Å²) in [6, 6.07) is 1.61. The van der Waals surface area contributed by atoms with Gasteiger partial charge in [0, 0.05) is 51.4 Å². The van der Waals surface area contributed by atoms with Crippen molar-refractivity contribution in [2.24, 2.45) is 0 Å². The Hall–Kier alpha value is -0.650. The van der Waals surface area contributed by atoms with E-state index in [4.69, 9.17) is 0 Å². The third kappa shape index (κ3) is 3.78. The molecule has 1 aliphatic carbocycles. The summed E-state index contributed by atoms with van der Waals surface area (Å²) < 4.78 is 0. The van der Waals surface area contributed by atoms with Gasteiger partial charge in [-0.15, -0.1) is 0 Å².